The van der Waals surface area contributed by atoms with Crippen LogP contribution in [0, 0.1) is 0 Å². The number of hydrogen-bond donors (Lipinski definition) is 0. The number of aldehydes is 1. The summed E-state index contributed by atoms with van der Waals surface area (Å²) >= 11 is 11.9. The zero-order valence-corrected chi connectivity index (χ0v) is 11.1. The summed E-state index contributed by atoms with van der Waals surface area (Å²) in [5, 5.41) is 1.10. The van der Waals surface area contributed by atoms with Gasteiger partial charge in [0.15, 0.2) is 0 Å². The van der Waals surface area contributed by atoms with Gasteiger partial charge in [0.2, 0.25) is 0 Å². The molecule has 0 saturated heterocycles. The fourth-order valence-corrected chi connectivity index (χ4v) is 2.02. The van der Waals surface area contributed by atoms with Gasteiger partial charge in [0, 0.05) is 10.6 Å². The van der Waals surface area contributed by atoms with E-state index in [0.717, 1.165) is 11.8 Å². The van der Waals surface area contributed by atoms with Gasteiger partial charge < -0.3 is 4.42 Å². The monoisotopic (exact) mass is 280 g/mol. The summed E-state index contributed by atoms with van der Waals surface area (Å²) in [5.74, 6) is 1.25. The molecule has 0 amide bonds. The highest BCUT2D eigenvalue weighted by atomic mass is 35.5. The molecule has 2 nitrogen and oxygen atoms in total. The fraction of sp³-hybridized carbons (Fsp3) is 0.0714. The Labute approximate surface area is 115 Å². The molecular formula is C14H10Cl2O2. The van der Waals surface area contributed by atoms with Gasteiger partial charge in [0.25, 0.3) is 0 Å². The van der Waals surface area contributed by atoms with Crippen LogP contribution < -0.4 is 0 Å². The summed E-state index contributed by atoms with van der Waals surface area (Å²) in [6.45, 7) is 1.71. The van der Waals surface area contributed by atoms with Gasteiger partial charge in [-0.25, -0.2) is 0 Å². The molecule has 0 spiro atoms. The predicted octanol–water partition coefficient (Wildman–Crippen LogP) is 4.86. The number of hydrogen-bond acceptors (Lipinski definition) is 2. The van der Waals surface area contributed by atoms with E-state index in [0.29, 0.717) is 27.1 Å². The smallest absolute Gasteiger partial charge is 0.145 e. The van der Waals surface area contributed by atoms with E-state index < -0.39 is 0 Å². The van der Waals surface area contributed by atoms with Crippen molar-refractivity contribution < 1.29 is 9.21 Å². The van der Waals surface area contributed by atoms with Crippen molar-refractivity contribution >= 4 is 35.6 Å². The molecule has 1 heterocycles. The summed E-state index contributed by atoms with van der Waals surface area (Å²) in [6.07, 6.45) is 2.44. The molecule has 1 aromatic carbocycles. The molecule has 0 aliphatic heterocycles. The summed E-state index contributed by atoms with van der Waals surface area (Å²) in [7, 11) is 0. The van der Waals surface area contributed by atoms with Crippen molar-refractivity contribution in [3.05, 3.63) is 51.7 Å². The second-order valence-corrected chi connectivity index (χ2v) is 4.68. The van der Waals surface area contributed by atoms with Crippen molar-refractivity contribution in [1.82, 2.24) is 0 Å². The number of halogens is 2. The Kier molecular flexibility index (Phi) is 3.90. The second kappa shape index (κ2) is 5.42. The van der Waals surface area contributed by atoms with E-state index in [-0.39, 0.29) is 0 Å². The average Bonchev–Trinajstić information content (AvgIpc) is 2.77. The molecule has 0 saturated carbocycles. The summed E-state index contributed by atoms with van der Waals surface area (Å²) in [4.78, 5) is 10.5. The third kappa shape index (κ3) is 2.84. The largest absolute Gasteiger partial charge is 0.457 e. The van der Waals surface area contributed by atoms with E-state index in [9.17, 15) is 4.79 Å². The number of allylic oxidation sites excluding steroid dienone is 1. The SMILES string of the molecule is C/C(C=O)=C\c1ccc(-c2ccc(Cl)cc2Cl)o1. The molecular weight excluding hydrogens is 271 g/mol. The van der Waals surface area contributed by atoms with E-state index in [2.05, 4.69) is 0 Å². The minimum Gasteiger partial charge on any atom is -0.457 e. The first-order valence-electron chi connectivity index (χ1n) is 5.29. The van der Waals surface area contributed by atoms with Gasteiger partial charge >= 0.3 is 0 Å². The molecule has 0 fully saturated rings. The van der Waals surface area contributed by atoms with Gasteiger partial charge in [-0.2, -0.15) is 0 Å². The Balaban J connectivity index is 2.38. The van der Waals surface area contributed by atoms with Crippen LogP contribution >= 0.6 is 23.2 Å². The number of rotatable bonds is 3. The van der Waals surface area contributed by atoms with Crippen molar-refractivity contribution in [3.63, 3.8) is 0 Å². The van der Waals surface area contributed by atoms with Gasteiger partial charge in [0.05, 0.1) is 5.02 Å². The maximum atomic E-state index is 10.5. The van der Waals surface area contributed by atoms with Crippen LogP contribution in [-0.4, -0.2) is 6.29 Å². The van der Waals surface area contributed by atoms with Crippen LogP contribution in [0.2, 0.25) is 10.0 Å². The zero-order valence-electron chi connectivity index (χ0n) is 9.61. The molecule has 0 aliphatic carbocycles. The molecule has 2 aromatic rings. The van der Waals surface area contributed by atoms with Crippen LogP contribution in [0.15, 0.2) is 40.3 Å². The lowest BCUT2D eigenvalue weighted by Gasteiger charge is -2.00. The van der Waals surface area contributed by atoms with Crippen molar-refractivity contribution in [3.8, 4) is 11.3 Å². The third-order valence-corrected chi connectivity index (χ3v) is 2.93. The first-order chi connectivity index (χ1) is 8.60. The molecule has 92 valence electrons. The first-order valence-corrected chi connectivity index (χ1v) is 6.04. The molecule has 1 aromatic heterocycles. The van der Waals surface area contributed by atoms with Gasteiger partial charge in [-0.15, -0.1) is 0 Å². The van der Waals surface area contributed by atoms with Crippen molar-refractivity contribution in [2.45, 2.75) is 6.92 Å². The van der Waals surface area contributed by atoms with Crippen molar-refractivity contribution in [2.75, 3.05) is 0 Å². The summed E-state index contributed by atoms with van der Waals surface area (Å²) in [5.41, 5.74) is 1.36. The van der Waals surface area contributed by atoms with E-state index in [1.54, 1.807) is 43.3 Å². The molecule has 2 rings (SSSR count). The Hall–Kier alpha value is -1.51. The van der Waals surface area contributed by atoms with Gasteiger partial charge in [0.1, 0.15) is 17.8 Å². The molecule has 0 aliphatic rings. The molecule has 4 heteroatoms. The Bertz CT molecular complexity index is 612. The third-order valence-electron chi connectivity index (χ3n) is 2.38. The van der Waals surface area contributed by atoms with Crippen LogP contribution in [0.1, 0.15) is 12.7 Å². The highest BCUT2D eigenvalue weighted by molar-refractivity contribution is 6.36. The lowest BCUT2D eigenvalue weighted by Crippen LogP contribution is -1.77. The van der Waals surface area contributed by atoms with E-state index >= 15 is 0 Å². The summed E-state index contributed by atoms with van der Waals surface area (Å²) < 4.78 is 5.60. The molecule has 0 bridgehead atoms. The highest BCUT2D eigenvalue weighted by Crippen LogP contribution is 2.31. The Morgan fingerprint density at radius 2 is 2.00 bits per heavy atom. The van der Waals surface area contributed by atoms with Crippen LogP contribution in [0.4, 0.5) is 0 Å². The second-order valence-electron chi connectivity index (χ2n) is 3.83. The maximum absolute atomic E-state index is 10.5. The van der Waals surface area contributed by atoms with Gasteiger partial charge in [-0.05, 0) is 48.9 Å². The van der Waals surface area contributed by atoms with Crippen LogP contribution in [0.25, 0.3) is 17.4 Å². The zero-order chi connectivity index (χ0) is 13.1. The average molecular weight is 281 g/mol. The quantitative estimate of drug-likeness (QED) is 0.594. The van der Waals surface area contributed by atoms with Crippen LogP contribution in [0.5, 0.6) is 0 Å². The Morgan fingerprint density at radius 1 is 1.22 bits per heavy atom. The fourth-order valence-electron chi connectivity index (χ4n) is 1.52. The first kappa shape index (κ1) is 12.9. The molecule has 0 radical (unpaired) electrons. The molecule has 0 atom stereocenters. The lowest BCUT2D eigenvalue weighted by molar-refractivity contribution is -0.104. The molecule has 0 N–H and O–H groups in total. The number of benzene rings is 1. The van der Waals surface area contributed by atoms with E-state index in [4.69, 9.17) is 27.6 Å². The number of carbonyl (C=O) groups is 1. The Morgan fingerprint density at radius 3 is 2.67 bits per heavy atom. The van der Waals surface area contributed by atoms with E-state index in [1.807, 2.05) is 0 Å². The number of carbonyl (C=O) groups excluding carboxylic acids is 1. The highest BCUT2D eigenvalue weighted by Gasteiger charge is 2.08. The van der Waals surface area contributed by atoms with Crippen LogP contribution in [-0.2, 0) is 4.79 Å². The van der Waals surface area contributed by atoms with E-state index in [1.165, 1.54) is 0 Å². The maximum Gasteiger partial charge on any atom is 0.145 e. The lowest BCUT2D eigenvalue weighted by atomic mass is 10.2. The standard InChI is InChI=1S/C14H10Cl2O2/c1-9(8-17)6-11-3-5-14(18-11)12-4-2-10(15)7-13(12)16/h2-8H,1H3/b9-6+. The molecule has 18 heavy (non-hydrogen) atoms. The minimum atomic E-state index is 0.527. The van der Waals surface area contributed by atoms with Crippen molar-refractivity contribution in [1.29, 1.82) is 0 Å². The van der Waals surface area contributed by atoms with Crippen LogP contribution in [0.3, 0.4) is 0 Å². The predicted molar refractivity (Wildman–Crippen MR) is 73.9 cm³/mol. The van der Waals surface area contributed by atoms with Gasteiger partial charge in [-0.1, -0.05) is 23.2 Å². The summed E-state index contributed by atoms with van der Waals surface area (Å²) in [6, 6.07) is 8.79. The topological polar surface area (TPSA) is 30.2 Å². The van der Waals surface area contributed by atoms with Gasteiger partial charge in [-0.3, -0.25) is 4.79 Å². The molecule has 0 unspecified atom stereocenters. The van der Waals surface area contributed by atoms with Crippen molar-refractivity contribution in [2.24, 2.45) is 0 Å². The normalized spacial score (nSPS) is 11.6. The minimum absolute atomic E-state index is 0.527. The number of furan rings is 1.